The maximum absolute atomic E-state index is 13.2. The van der Waals surface area contributed by atoms with Crippen molar-refractivity contribution < 1.29 is 4.79 Å². The molecule has 0 unspecified atom stereocenters. The molecule has 138 valence electrons. The van der Waals surface area contributed by atoms with E-state index in [1.807, 2.05) is 56.3 Å². The molecule has 0 saturated heterocycles. The monoisotopic (exact) mass is 367 g/mol. The maximum Gasteiger partial charge on any atom is 0.256 e. The van der Waals surface area contributed by atoms with Gasteiger partial charge < -0.3 is 5.32 Å². The number of carbonyl (C=O) groups excluding carboxylic acids is 1. The lowest BCUT2D eigenvalue weighted by Crippen LogP contribution is -2.15. The number of nitrogens with one attached hydrogen (secondary N) is 1. The minimum absolute atomic E-state index is 0.140. The Balaban J connectivity index is 1.82. The number of anilines is 1. The van der Waals surface area contributed by atoms with Gasteiger partial charge in [0, 0.05) is 29.0 Å². The first-order valence-corrected chi connectivity index (χ1v) is 9.22. The SMILES string of the molecule is Cc1cc(C)c(NC(=O)c2cc(-c3cccnc3)nc3ccccc23)c(C)c1. The standard InChI is InChI=1S/C24H21N3O/c1-15-11-16(2)23(17(3)12-15)27-24(28)20-13-22(18-7-6-10-25-14-18)26-21-9-5-4-8-19(20)21/h4-14H,1-3H3,(H,27,28). The Morgan fingerprint density at radius 2 is 1.68 bits per heavy atom. The fourth-order valence-corrected chi connectivity index (χ4v) is 3.58. The molecule has 0 bridgehead atoms. The van der Waals surface area contributed by atoms with Crippen LogP contribution in [-0.2, 0) is 0 Å². The minimum atomic E-state index is -0.140. The molecule has 0 aliphatic rings. The summed E-state index contributed by atoms with van der Waals surface area (Å²) < 4.78 is 0. The van der Waals surface area contributed by atoms with Crippen molar-refractivity contribution in [3.05, 3.63) is 89.2 Å². The van der Waals surface area contributed by atoms with Crippen LogP contribution in [0.15, 0.2) is 67.0 Å². The van der Waals surface area contributed by atoms with E-state index in [0.29, 0.717) is 5.56 Å². The number of hydrogen-bond acceptors (Lipinski definition) is 3. The summed E-state index contributed by atoms with van der Waals surface area (Å²) in [6.45, 7) is 6.09. The molecule has 1 amide bonds. The van der Waals surface area contributed by atoms with Crippen LogP contribution in [0.25, 0.3) is 22.2 Å². The molecule has 4 aromatic rings. The van der Waals surface area contributed by atoms with Gasteiger partial charge in [0.1, 0.15) is 0 Å². The molecule has 1 N–H and O–H groups in total. The summed E-state index contributed by atoms with van der Waals surface area (Å²) in [5.41, 5.74) is 7.14. The normalized spacial score (nSPS) is 10.8. The van der Waals surface area contributed by atoms with E-state index in [1.165, 1.54) is 5.56 Å². The topological polar surface area (TPSA) is 54.9 Å². The Morgan fingerprint density at radius 3 is 2.39 bits per heavy atom. The van der Waals surface area contributed by atoms with Crippen LogP contribution in [0.1, 0.15) is 27.0 Å². The van der Waals surface area contributed by atoms with Crippen LogP contribution in [0, 0.1) is 20.8 Å². The van der Waals surface area contributed by atoms with Crippen molar-refractivity contribution in [1.82, 2.24) is 9.97 Å². The second-order valence-electron chi connectivity index (χ2n) is 7.04. The first-order valence-electron chi connectivity index (χ1n) is 9.22. The molecule has 4 heteroatoms. The highest BCUT2D eigenvalue weighted by Crippen LogP contribution is 2.27. The zero-order chi connectivity index (χ0) is 19.7. The molecule has 4 rings (SSSR count). The molecule has 28 heavy (non-hydrogen) atoms. The van der Waals surface area contributed by atoms with E-state index in [4.69, 9.17) is 4.98 Å². The number of pyridine rings is 2. The second kappa shape index (κ2) is 7.24. The molecule has 2 heterocycles. The van der Waals surface area contributed by atoms with Gasteiger partial charge >= 0.3 is 0 Å². The van der Waals surface area contributed by atoms with E-state index in [2.05, 4.69) is 29.4 Å². The number of rotatable bonds is 3. The highest BCUT2D eigenvalue weighted by Gasteiger charge is 2.16. The third-order valence-electron chi connectivity index (χ3n) is 4.83. The lowest BCUT2D eigenvalue weighted by atomic mass is 10.0. The largest absolute Gasteiger partial charge is 0.321 e. The number of aromatic nitrogens is 2. The average Bonchev–Trinajstić information content (AvgIpc) is 2.70. The smallest absolute Gasteiger partial charge is 0.256 e. The summed E-state index contributed by atoms with van der Waals surface area (Å²) in [6.07, 6.45) is 3.48. The number of carbonyl (C=O) groups is 1. The Bertz CT molecular complexity index is 1160. The molecule has 2 aromatic heterocycles. The predicted molar refractivity (Wildman–Crippen MR) is 114 cm³/mol. The number of hydrogen-bond donors (Lipinski definition) is 1. The van der Waals surface area contributed by atoms with Crippen LogP contribution in [0.2, 0.25) is 0 Å². The van der Waals surface area contributed by atoms with Crippen LogP contribution in [0.4, 0.5) is 5.69 Å². The van der Waals surface area contributed by atoms with Crippen molar-refractivity contribution in [3.63, 3.8) is 0 Å². The summed E-state index contributed by atoms with van der Waals surface area (Å²) in [7, 11) is 0. The number of benzene rings is 2. The van der Waals surface area contributed by atoms with Gasteiger partial charge in [0.2, 0.25) is 0 Å². The number of para-hydroxylation sites is 1. The fraction of sp³-hybridized carbons (Fsp3) is 0.125. The molecule has 0 aliphatic heterocycles. The van der Waals surface area contributed by atoms with Crippen molar-refractivity contribution in [2.45, 2.75) is 20.8 Å². The zero-order valence-electron chi connectivity index (χ0n) is 16.2. The second-order valence-corrected chi connectivity index (χ2v) is 7.04. The van der Waals surface area contributed by atoms with E-state index in [0.717, 1.165) is 39.0 Å². The molecule has 0 saturated carbocycles. The van der Waals surface area contributed by atoms with Gasteiger partial charge in [-0.3, -0.25) is 9.78 Å². The minimum Gasteiger partial charge on any atom is -0.321 e. The highest BCUT2D eigenvalue weighted by atomic mass is 16.1. The Labute approximate surface area is 164 Å². The van der Waals surface area contributed by atoms with Crippen LogP contribution >= 0.6 is 0 Å². The van der Waals surface area contributed by atoms with Crippen LogP contribution < -0.4 is 5.32 Å². The number of fused-ring (bicyclic) bond motifs is 1. The summed E-state index contributed by atoms with van der Waals surface area (Å²) in [5, 5.41) is 3.94. The zero-order valence-corrected chi connectivity index (χ0v) is 16.2. The van der Waals surface area contributed by atoms with Gasteiger partial charge in [-0.15, -0.1) is 0 Å². The molecule has 0 spiro atoms. The van der Waals surface area contributed by atoms with E-state index >= 15 is 0 Å². The summed E-state index contributed by atoms with van der Waals surface area (Å²) in [6, 6.07) is 17.5. The lowest BCUT2D eigenvalue weighted by Gasteiger charge is -2.14. The van der Waals surface area contributed by atoms with E-state index < -0.39 is 0 Å². The molecular formula is C24H21N3O. The number of aryl methyl sites for hydroxylation is 3. The van der Waals surface area contributed by atoms with Crippen molar-refractivity contribution >= 4 is 22.5 Å². The van der Waals surface area contributed by atoms with Gasteiger partial charge in [0.15, 0.2) is 0 Å². The first kappa shape index (κ1) is 17.9. The van der Waals surface area contributed by atoms with Gasteiger partial charge in [-0.2, -0.15) is 0 Å². The first-order chi connectivity index (χ1) is 13.5. The molecule has 0 fully saturated rings. The van der Waals surface area contributed by atoms with E-state index in [1.54, 1.807) is 12.4 Å². The molecule has 2 aromatic carbocycles. The van der Waals surface area contributed by atoms with E-state index in [-0.39, 0.29) is 5.91 Å². The van der Waals surface area contributed by atoms with Gasteiger partial charge in [0.05, 0.1) is 16.8 Å². The Kier molecular flexibility index (Phi) is 4.62. The van der Waals surface area contributed by atoms with Crippen molar-refractivity contribution in [2.75, 3.05) is 5.32 Å². The van der Waals surface area contributed by atoms with Crippen LogP contribution in [-0.4, -0.2) is 15.9 Å². The summed E-state index contributed by atoms with van der Waals surface area (Å²) in [4.78, 5) is 22.1. The third-order valence-corrected chi connectivity index (χ3v) is 4.83. The van der Waals surface area contributed by atoms with Crippen molar-refractivity contribution in [1.29, 1.82) is 0 Å². The quantitative estimate of drug-likeness (QED) is 0.522. The molecule has 0 aliphatic carbocycles. The number of nitrogens with zero attached hydrogens (tertiary/aromatic N) is 2. The molecular weight excluding hydrogens is 346 g/mol. The lowest BCUT2D eigenvalue weighted by molar-refractivity contribution is 0.102. The van der Waals surface area contributed by atoms with Crippen molar-refractivity contribution in [3.8, 4) is 11.3 Å². The highest BCUT2D eigenvalue weighted by molar-refractivity contribution is 6.13. The van der Waals surface area contributed by atoms with Gasteiger partial charge in [-0.25, -0.2) is 4.98 Å². The molecule has 0 atom stereocenters. The van der Waals surface area contributed by atoms with Crippen LogP contribution in [0.5, 0.6) is 0 Å². The van der Waals surface area contributed by atoms with Gasteiger partial charge in [-0.05, 0) is 56.2 Å². The Morgan fingerprint density at radius 1 is 0.929 bits per heavy atom. The Hall–Kier alpha value is -3.53. The average molecular weight is 367 g/mol. The molecule has 4 nitrogen and oxygen atoms in total. The summed E-state index contributed by atoms with van der Waals surface area (Å²) >= 11 is 0. The molecule has 0 radical (unpaired) electrons. The maximum atomic E-state index is 13.2. The van der Waals surface area contributed by atoms with Crippen molar-refractivity contribution in [2.24, 2.45) is 0 Å². The van der Waals surface area contributed by atoms with Gasteiger partial charge in [0.25, 0.3) is 5.91 Å². The number of amides is 1. The summed E-state index contributed by atoms with van der Waals surface area (Å²) in [5.74, 6) is -0.140. The van der Waals surface area contributed by atoms with Crippen LogP contribution in [0.3, 0.4) is 0 Å². The fourth-order valence-electron chi connectivity index (χ4n) is 3.58. The predicted octanol–water partition coefficient (Wildman–Crippen LogP) is 5.47. The van der Waals surface area contributed by atoms with E-state index in [9.17, 15) is 4.79 Å². The third kappa shape index (κ3) is 3.37. The van der Waals surface area contributed by atoms with Gasteiger partial charge in [-0.1, -0.05) is 35.9 Å².